The van der Waals surface area contributed by atoms with Crippen molar-refractivity contribution in [2.24, 2.45) is 0 Å². The van der Waals surface area contributed by atoms with Gasteiger partial charge in [0.2, 0.25) is 0 Å². The SMILES string of the molecule is CCCCC(=O)CSCCC. The first-order valence-corrected chi connectivity index (χ1v) is 5.56. The molecule has 0 N–H and O–H groups in total. The molecule has 0 aromatic rings. The summed E-state index contributed by atoms with van der Waals surface area (Å²) in [4.78, 5) is 11.1. The molecular weight excluding hydrogens is 156 g/mol. The molecule has 1 nitrogen and oxygen atoms in total. The zero-order chi connectivity index (χ0) is 8.53. The first-order valence-electron chi connectivity index (χ1n) is 4.40. The first kappa shape index (κ1) is 11.0. The van der Waals surface area contributed by atoms with E-state index in [0.29, 0.717) is 5.78 Å². The van der Waals surface area contributed by atoms with Gasteiger partial charge in [0.1, 0.15) is 5.78 Å². The fourth-order valence-corrected chi connectivity index (χ4v) is 1.58. The molecule has 0 amide bonds. The molecule has 0 fully saturated rings. The molecule has 66 valence electrons. The van der Waals surface area contributed by atoms with Crippen molar-refractivity contribution in [3.63, 3.8) is 0 Å². The van der Waals surface area contributed by atoms with Gasteiger partial charge in [-0.1, -0.05) is 20.3 Å². The lowest BCUT2D eigenvalue weighted by molar-refractivity contribution is -0.116. The Kier molecular flexibility index (Phi) is 8.13. The third-order valence-corrected chi connectivity index (χ3v) is 2.64. The van der Waals surface area contributed by atoms with Gasteiger partial charge in [-0.05, 0) is 18.6 Å². The third kappa shape index (κ3) is 7.92. The van der Waals surface area contributed by atoms with Gasteiger partial charge in [-0.3, -0.25) is 4.79 Å². The molecule has 0 unspecified atom stereocenters. The molecule has 0 rings (SSSR count). The molecule has 11 heavy (non-hydrogen) atoms. The molecule has 0 aromatic heterocycles. The van der Waals surface area contributed by atoms with E-state index < -0.39 is 0 Å². The summed E-state index contributed by atoms with van der Waals surface area (Å²) in [5.74, 6) is 2.27. The number of thioether (sulfide) groups is 1. The van der Waals surface area contributed by atoms with Crippen LogP contribution in [0.25, 0.3) is 0 Å². The first-order chi connectivity index (χ1) is 5.31. The number of ketones is 1. The van der Waals surface area contributed by atoms with Crippen molar-refractivity contribution in [1.29, 1.82) is 0 Å². The van der Waals surface area contributed by atoms with Crippen LogP contribution in [-0.2, 0) is 4.79 Å². The molecule has 0 aliphatic rings. The second-order valence-corrected chi connectivity index (χ2v) is 3.80. The zero-order valence-electron chi connectivity index (χ0n) is 7.56. The molecule has 0 atom stereocenters. The number of unbranched alkanes of at least 4 members (excludes halogenated alkanes) is 1. The van der Waals surface area contributed by atoms with Crippen LogP contribution in [0, 0.1) is 0 Å². The van der Waals surface area contributed by atoms with E-state index in [4.69, 9.17) is 0 Å². The van der Waals surface area contributed by atoms with Crippen molar-refractivity contribution in [3.05, 3.63) is 0 Å². The topological polar surface area (TPSA) is 17.1 Å². The van der Waals surface area contributed by atoms with Gasteiger partial charge in [0.25, 0.3) is 0 Å². The van der Waals surface area contributed by atoms with Crippen molar-refractivity contribution in [1.82, 2.24) is 0 Å². The molecular formula is C9H18OS. The van der Waals surface area contributed by atoms with Crippen molar-refractivity contribution in [3.8, 4) is 0 Å². The summed E-state index contributed by atoms with van der Waals surface area (Å²) in [6, 6.07) is 0. The van der Waals surface area contributed by atoms with Crippen molar-refractivity contribution < 1.29 is 4.79 Å². The minimum absolute atomic E-state index is 0.422. The van der Waals surface area contributed by atoms with E-state index in [1.54, 1.807) is 11.8 Å². The van der Waals surface area contributed by atoms with Gasteiger partial charge in [0.15, 0.2) is 0 Å². The van der Waals surface area contributed by atoms with Crippen LogP contribution in [-0.4, -0.2) is 17.3 Å². The predicted octanol–water partition coefficient (Wildman–Crippen LogP) is 2.89. The van der Waals surface area contributed by atoms with Gasteiger partial charge in [0.05, 0.1) is 5.75 Å². The molecule has 0 heterocycles. The summed E-state index contributed by atoms with van der Waals surface area (Å²) in [5.41, 5.74) is 0. The Hall–Kier alpha value is 0.0200. The maximum atomic E-state index is 11.1. The number of Topliss-reactive ketones (excluding diaryl/α,β-unsaturated/α-hetero) is 1. The number of hydrogen-bond acceptors (Lipinski definition) is 2. The highest BCUT2D eigenvalue weighted by molar-refractivity contribution is 7.99. The summed E-state index contributed by atoms with van der Waals surface area (Å²) in [5, 5.41) is 0. The summed E-state index contributed by atoms with van der Waals surface area (Å²) >= 11 is 1.76. The summed E-state index contributed by atoms with van der Waals surface area (Å²) in [6.45, 7) is 4.26. The van der Waals surface area contributed by atoms with Crippen LogP contribution in [0.1, 0.15) is 39.5 Å². The van der Waals surface area contributed by atoms with E-state index in [0.717, 1.165) is 30.8 Å². The van der Waals surface area contributed by atoms with E-state index in [-0.39, 0.29) is 0 Å². The lowest BCUT2D eigenvalue weighted by Gasteiger charge is -1.97. The van der Waals surface area contributed by atoms with Crippen molar-refractivity contribution >= 4 is 17.5 Å². The van der Waals surface area contributed by atoms with Crippen LogP contribution in [0.5, 0.6) is 0 Å². The molecule has 0 spiro atoms. The van der Waals surface area contributed by atoms with Crippen LogP contribution in [0.2, 0.25) is 0 Å². The lowest BCUT2D eigenvalue weighted by atomic mass is 10.2. The zero-order valence-corrected chi connectivity index (χ0v) is 8.38. The Morgan fingerprint density at radius 1 is 1.27 bits per heavy atom. The Bertz CT molecular complexity index is 102. The van der Waals surface area contributed by atoms with E-state index in [2.05, 4.69) is 13.8 Å². The van der Waals surface area contributed by atoms with Crippen LogP contribution < -0.4 is 0 Å². The summed E-state index contributed by atoms with van der Waals surface area (Å²) in [6.07, 6.45) is 4.15. The monoisotopic (exact) mass is 174 g/mol. The highest BCUT2D eigenvalue weighted by atomic mass is 32.2. The van der Waals surface area contributed by atoms with Gasteiger partial charge < -0.3 is 0 Å². The number of rotatable bonds is 7. The molecule has 0 radical (unpaired) electrons. The molecule has 0 aromatic carbocycles. The fourth-order valence-electron chi connectivity index (χ4n) is 0.776. The Labute approximate surface area is 73.9 Å². The Balaban J connectivity index is 3.09. The van der Waals surface area contributed by atoms with Gasteiger partial charge in [-0.25, -0.2) is 0 Å². The number of hydrogen-bond donors (Lipinski definition) is 0. The predicted molar refractivity (Wildman–Crippen MR) is 52.1 cm³/mol. The Morgan fingerprint density at radius 2 is 2.00 bits per heavy atom. The molecule has 0 aliphatic heterocycles. The molecule has 0 bridgehead atoms. The maximum Gasteiger partial charge on any atom is 0.142 e. The molecule has 2 heteroatoms. The maximum absolute atomic E-state index is 11.1. The smallest absolute Gasteiger partial charge is 0.142 e. The highest BCUT2D eigenvalue weighted by Gasteiger charge is 1.99. The summed E-state index contributed by atoms with van der Waals surface area (Å²) < 4.78 is 0. The lowest BCUT2D eigenvalue weighted by Crippen LogP contribution is -2.01. The highest BCUT2D eigenvalue weighted by Crippen LogP contribution is 2.05. The van der Waals surface area contributed by atoms with Crippen LogP contribution in [0.4, 0.5) is 0 Å². The van der Waals surface area contributed by atoms with Gasteiger partial charge in [-0.15, -0.1) is 0 Å². The van der Waals surface area contributed by atoms with E-state index in [9.17, 15) is 4.79 Å². The number of carbonyl (C=O) groups excluding carboxylic acids is 1. The van der Waals surface area contributed by atoms with Crippen molar-refractivity contribution in [2.45, 2.75) is 39.5 Å². The Morgan fingerprint density at radius 3 is 2.55 bits per heavy atom. The fraction of sp³-hybridized carbons (Fsp3) is 0.889. The van der Waals surface area contributed by atoms with E-state index in [1.807, 2.05) is 0 Å². The minimum Gasteiger partial charge on any atom is -0.299 e. The van der Waals surface area contributed by atoms with Gasteiger partial charge in [0, 0.05) is 6.42 Å². The van der Waals surface area contributed by atoms with E-state index in [1.165, 1.54) is 6.42 Å². The van der Waals surface area contributed by atoms with Crippen molar-refractivity contribution in [2.75, 3.05) is 11.5 Å². The second-order valence-electron chi connectivity index (χ2n) is 2.69. The average molecular weight is 174 g/mol. The molecule has 0 saturated carbocycles. The van der Waals surface area contributed by atoms with E-state index >= 15 is 0 Å². The second kappa shape index (κ2) is 8.12. The number of carbonyl (C=O) groups is 1. The third-order valence-electron chi connectivity index (χ3n) is 1.42. The standard InChI is InChI=1S/C9H18OS/c1-3-5-6-9(10)8-11-7-4-2/h3-8H2,1-2H3. The average Bonchev–Trinajstić information content (AvgIpc) is 2.01. The molecule has 0 aliphatic carbocycles. The van der Waals surface area contributed by atoms with Crippen LogP contribution in [0.15, 0.2) is 0 Å². The normalized spacial score (nSPS) is 10.0. The van der Waals surface area contributed by atoms with Gasteiger partial charge >= 0.3 is 0 Å². The van der Waals surface area contributed by atoms with Gasteiger partial charge in [-0.2, -0.15) is 11.8 Å². The molecule has 0 saturated heterocycles. The summed E-state index contributed by atoms with van der Waals surface area (Å²) in [7, 11) is 0. The largest absolute Gasteiger partial charge is 0.299 e. The quantitative estimate of drug-likeness (QED) is 0.552. The van der Waals surface area contributed by atoms with Crippen LogP contribution in [0.3, 0.4) is 0 Å². The van der Waals surface area contributed by atoms with Crippen LogP contribution >= 0.6 is 11.8 Å². The minimum atomic E-state index is 0.422.